The van der Waals surface area contributed by atoms with Gasteiger partial charge in [0.2, 0.25) is 0 Å². The fraction of sp³-hybridized carbons (Fsp3) is 0.250. The lowest BCUT2D eigenvalue weighted by Crippen LogP contribution is -2.00. The molecule has 0 radical (unpaired) electrons. The van der Waals surface area contributed by atoms with Gasteiger partial charge in [-0.3, -0.25) is 9.78 Å². The van der Waals surface area contributed by atoms with E-state index in [-0.39, 0.29) is 5.69 Å². The SMILES string of the molecule is Cc1c(C=O)cnc(C(F)F)c1I. The summed E-state index contributed by atoms with van der Waals surface area (Å²) in [4.78, 5) is 14.0. The van der Waals surface area contributed by atoms with E-state index in [1.165, 1.54) is 6.20 Å². The molecule has 1 heterocycles. The lowest BCUT2D eigenvalue weighted by Gasteiger charge is -2.06. The van der Waals surface area contributed by atoms with E-state index in [0.29, 0.717) is 21.0 Å². The highest BCUT2D eigenvalue weighted by Crippen LogP contribution is 2.25. The topological polar surface area (TPSA) is 30.0 Å². The van der Waals surface area contributed by atoms with E-state index in [2.05, 4.69) is 4.98 Å². The highest BCUT2D eigenvalue weighted by atomic mass is 127. The van der Waals surface area contributed by atoms with Gasteiger partial charge in [0.1, 0.15) is 5.69 Å². The molecule has 0 atom stereocenters. The van der Waals surface area contributed by atoms with E-state index in [1.807, 2.05) is 0 Å². The summed E-state index contributed by atoms with van der Waals surface area (Å²) >= 11 is 1.77. The van der Waals surface area contributed by atoms with Crippen molar-refractivity contribution in [3.63, 3.8) is 0 Å². The third-order valence-corrected chi connectivity index (χ3v) is 3.03. The second-order valence-electron chi connectivity index (χ2n) is 2.46. The van der Waals surface area contributed by atoms with E-state index >= 15 is 0 Å². The predicted molar refractivity (Wildman–Crippen MR) is 52.0 cm³/mol. The average molecular weight is 297 g/mol. The van der Waals surface area contributed by atoms with E-state index in [9.17, 15) is 13.6 Å². The van der Waals surface area contributed by atoms with Crippen LogP contribution in [0.5, 0.6) is 0 Å². The van der Waals surface area contributed by atoms with Crippen molar-refractivity contribution in [2.75, 3.05) is 0 Å². The number of aromatic nitrogens is 1. The molecule has 0 spiro atoms. The van der Waals surface area contributed by atoms with Crippen LogP contribution in [0.1, 0.15) is 28.0 Å². The van der Waals surface area contributed by atoms with Gasteiger partial charge in [-0.05, 0) is 35.1 Å². The van der Waals surface area contributed by atoms with Gasteiger partial charge in [-0.15, -0.1) is 0 Å². The van der Waals surface area contributed by atoms with Crippen LogP contribution in [-0.2, 0) is 0 Å². The molecule has 0 saturated carbocycles. The molecule has 0 aromatic carbocycles. The third-order valence-electron chi connectivity index (χ3n) is 1.66. The summed E-state index contributed by atoms with van der Waals surface area (Å²) in [5, 5.41) is 0. The minimum absolute atomic E-state index is 0.260. The molecule has 0 N–H and O–H groups in total. The lowest BCUT2D eigenvalue weighted by atomic mass is 10.1. The first-order valence-corrected chi connectivity index (χ1v) is 4.54. The monoisotopic (exact) mass is 297 g/mol. The number of carbonyl (C=O) groups is 1. The molecule has 1 aromatic rings. The van der Waals surface area contributed by atoms with Gasteiger partial charge in [-0.2, -0.15) is 0 Å². The molecular weight excluding hydrogens is 291 g/mol. The first-order valence-electron chi connectivity index (χ1n) is 3.46. The Bertz CT molecular complexity index is 341. The number of hydrogen-bond donors (Lipinski definition) is 0. The van der Waals surface area contributed by atoms with E-state index < -0.39 is 6.43 Å². The number of rotatable bonds is 2. The molecule has 0 unspecified atom stereocenters. The Morgan fingerprint density at radius 1 is 1.62 bits per heavy atom. The molecule has 0 aliphatic carbocycles. The molecule has 13 heavy (non-hydrogen) atoms. The van der Waals surface area contributed by atoms with Crippen LogP contribution in [0.15, 0.2) is 6.20 Å². The van der Waals surface area contributed by atoms with Crippen LogP contribution in [0, 0.1) is 10.5 Å². The van der Waals surface area contributed by atoms with Gasteiger partial charge in [0, 0.05) is 15.3 Å². The fourth-order valence-corrected chi connectivity index (χ4v) is 1.57. The van der Waals surface area contributed by atoms with E-state index in [0.717, 1.165) is 0 Å². The zero-order valence-corrected chi connectivity index (χ0v) is 8.88. The number of hydrogen-bond acceptors (Lipinski definition) is 2. The smallest absolute Gasteiger partial charge is 0.281 e. The van der Waals surface area contributed by atoms with Crippen LogP contribution < -0.4 is 0 Å². The molecule has 0 aliphatic rings. The number of carbonyl (C=O) groups excluding carboxylic acids is 1. The normalized spacial score (nSPS) is 10.5. The maximum atomic E-state index is 12.3. The number of nitrogens with zero attached hydrogens (tertiary/aromatic N) is 1. The quantitative estimate of drug-likeness (QED) is 0.620. The Morgan fingerprint density at radius 3 is 2.69 bits per heavy atom. The molecule has 5 heteroatoms. The Balaban J connectivity index is 3.31. The van der Waals surface area contributed by atoms with Crippen molar-refractivity contribution in [2.45, 2.75) is 13.3 Å². The molecule has 0 fully saturated rings. The Morgan fingerprint density at radius 2 is 2.23 bits per heavy atom. The van der Waals surface area contributed by atoms with E-state index in [1.54, 1.807) is 29.5 Å². The first kappa shape index (κ1) is 10.5. The summed E-state index contributed by atoms with van der Waals surface area (Å²) < 4.78 is 24.9. The number of pyridine rings is 1. The van der Waals surface area contributed by atoms with Crippen LogP contribution in [0.4, 0.5) is 8.78 Å². The van der Waals surface area contributed by atoms with Gasteiger partial charge in [0.25, 0.3) is 6.43 Å². The summed E-state index contributed by atoms with van der Waals surface area (Å²) in [6, 6.07) is 0. The number of halogens is 3. The van der Waals surface area contributed by atoms with Crippen molar-refractivity contribution in [3.8, 4) is 0 Å². The Hall–Kier alpha value is -0.590. The molecule has 0 saturated heterocycles. The second kappa shape index (κ2) is 4.08. The van der Waals surface area contributed by atoms with Gasteiger partial charge >= 0.3 is 0 Å². The van der Waals surface area contributed by atoms with Crippen LogP contribution in [-0.4, -0.2) is 11.3 Å². The minimum atomic E-state index is -2.59. The zero-order chi connectivity index (χ0) is 10.0. The van der Waals surface area contributed by atoms with Crippen LogP contribution in [0.25, 0.3) is 0 Å². The average Bonchev–Trinajstić information content (AvgIpc) is 2.09. The molecule has 0 amide bonds. The summed E-state index contributed by atoms with van der Waals surface area (Å²) in [5.74, 6) is 0. The summed E-state index contributed by atoms with van der Waals surface area (Å²) in [5.41, 5.74) is 0.651. The van der Waals surface area contributed by atoms with Gasteiger partial charge in [-0.25, -0.2) is 8.78 Å². The maximum absolute atomic E-state index is 12.3. The number of aldehydes is 1. The highest BCUT2D eigenvalue weighted by molar-refractivity contribution is 14.1. The lowest BCUT2D eigenvalue weighted by molar-refractivity contribution is 0.112. The van der Waals surface area contributed by atoms with Crippen LogP contribution >= 0.6 is 22.6 Å². The fourth-order valence-electron chi connectivity index (χ4n) is 0.882. The largest absolute Gasteiger partial charge is 0.298 e. The van der Waals surface area contributed by atoms with Crippen molar-refractivity contribution < 1.29 is 13.6 Å². The van der Waals surface area contributed by atoms with Gasteiger partial charge in [0.05, 0.1) is 0 Å². The van der Waals surface area contributed by atoms with Crippen LogP contribution in [0.2, 0.25) is 0 Å². The molecule has 2 nitrogen and oxygen atoms in total. The molecule has 0 bridgehead atoms. The summed E-state index contributed by atoms with van der Waals surface area (Å²) in [6.07, 6.45) is -0.808. The van der Waals surface area contributed by atoms with Crippen molar-refractivity contribution in [2.24, 2.45) is 0 Å². The second-order valence-corrected chi connectivity index (χ2v) is 3.54. The molecule has 1 aromatic heterocycles. The van der Waals surface area contributed by atoms with Crippen LogP contribution in [0.3, 0.4) is 0 Å². The minimum Gasteiger partial charge on any atom is -0.298 e. The molecular formula is C8H6F2INO. The summed E-state index contributed by atoms with van der Waals surface area (Å²) in [7, 11) is 0. The Labute approximate surface area is 87.5 Å². The maximum Gasteiger partial charge on any atom is 0.281 e. The number of alkyl halides is 2. The molecule has 0 aliphatic heterocycles. The molecule has 70 valence electrons. The van der Waals surface area contributed by atoms with Crippen molar-refractivity contribution in [1.29, 1.82) is 0 Å². The first-order chi connectivity index (χ1) is 6.07. The van der Waals surface area contributed by atoms with Crippen molar-refractivity contribution >= 4 is 28.9 Å². The zero-order valence-electron chi connectivity index (χ0n) is 6.72. The molecule has 1 rings (SSSR count). The Kier molecular flexibility index (Phi) is 3.29. The van der Waals surface area contributed by atoms with E-state index in [4.69, 9.17) is 0 Å². The van der Waals surface area contributed by atoms with Crippen molar-refractivity contribution in [3.05, 3.63) is 26.6 Å². The third kappa shape index (κ3) is 2.01. The summed E-state index contributed by atoms with van der Waals surface area (Å²) in [6.45, 7) is 1.62. The van der Waals surface area contributed by atoms with Crippen molar-refractivity contribution in [1.82, 2.24) is 4.98 Å². The van der Waals surface area contributed by atoms with Gasteiger partial charge in [-0.1, -0.05) is 0 Å². The highest BCUT2D eigenvalue weighted by Gasteiger charge is 2.16. The standard InChI is InChI=1S/C8H6F2INO/c1-4-5(3-13)2-12-7(6(4)11)8(9)10/h2-3,8H,1H3. The van der Waals surface area contributed by atoms with Gasteiger partial charge in [0.15, 0.2) is 6.29 Å². The predicted octanol–water partition coefficient (Wildman–Crippen LogP) is 2.74. The van der Waals surface area contributed by atoms with Gasteiger partial charge < -0.3 is 0 Å².